The fourth-order valence-electron chi connectivity index (χ4n) is 2.96. The molecule has 2 fully saturated rings. The van der Waals surface area contributed by atoms with Gasteiger partial charge in [0.2, 0.25) is 0 Å². The van der Waals surface area contributed by atoms with Crippen LogP contribution in [0.1, 0.15) is 37.3 Å². The van der Waals surface area contributed by atoms with E-state index in [4.69, 9.17) is 4.74 Å². The van der Waals surface area contributed by atoms with E-state index < -0.39 is 10.8 Å². The maximum absolute atomic E-state index is 11.5. The minimum absolute atomic E-state index is 0.456. The quantitative estimate of drug-likeness (QED) is 0.907. The Kier molecular flexibility index (Phi) is 4.41. The third-order valence-corrected chi connectivity index (χ3v) is 5.75. The summed E-state index contributed by atoms with van der Waals surface area (Å²) in [7, 11) is 1.13. The molecule has 20 heavy (non-hydrogen) atoms. The van der Waals surface area contributed by atoms with Gasteiger partial charge in [-0.15, -0.1) is 0 Å². The SMILES string of the molecule is COc1ccc(C(NC2CCS(=O)CC2)C2CC2)cc1. The van der Waals surface area contributed by atoms with Crippen LogP contribution in [-0.4, -0.2) is 28.9 Å². The average molecular weight is 293 g/mol. The van der Waals surface area contributed by atoms with Crippen LogP contribution in [0.3, 0.4) is 0 Å². The summed E-state index contributed by atoms with van der Waals surface area (Å²) in [4.78, 5) is 0. The molecule has 1 saturated heterocycles. The lowest BCUT2D eigenvalue weighted by Crippen LogP contribution is -2.38. The van der Waals surface area contributed by atoms with Gasteiger partial charge in [0.15, 0.2) is 0 Å². The van der Waals surface area contributed by atoms with Gasteiger partial charge in [0.1, 0.15) is 5.75 Å². The maximum Gasteiger partial charge on any atom is 0.118 e. The zero-order valence-corrected chi connectivity index (χ0v) is 12.8. The predicted molar refractivity (Wildman–Crippen MR) is 82.5 cm³/mol. The Morgan fingerprint density at radius 3 is 2.35 bits per heavy atom. The van der Waals surface area contributed by atoms with Gasteiger partial charge in [-0.1, -0.05) is 12.1 Å². The molecule has 1 aromatic carbocycles. The molecule has 2 aliphatic rings. The van der Waals surface area contributed by atoms with E-state index in [1.54, 1.807) is 7.11 Å². The molecule has 1 heterocycles. The number of benzene rings is 1. The first-order valence-corrected chi connectivity index (χ1v) is 9.00. The molecule has 1 aliphatic carbocycles. The number of methoxy groups -OCH3 is 1. The Morgan fingerprint density at radius 2 is 1.80 bits per heavy atom. The third kappa shape index (κ3) is 3.41. The Labute approximate surface area is 123 Å². The molecular weight excluding hydrogens is 270 g/mol. The van der Waals surface area contributed by atoms with Gasteiger partial charge in [0, 0.05) is 34.4 Å². The Morgan fingerprint density at radius 1 is 1.15 bits per heavy atom. The molecule has 1 unspecified atom stereocenters. The van der Waals surface area contributed by atoms with E-state index in [-0.39, 0.29) is 0 Å². The van der Waals surface area contributed by atoms with Crippen molar-refractivity contribution in [2.45, 2.75) is 37.8 Å². The molecule has 1 atom stereocenters. The van der Waals surface area contributed by atoms with Crippen molar-refractivity contribution in [2.24, 2.45) is 5.92 Å². The summed E-state index contributed by atoms with van der Waals surface area (Å²) in [5.41, 5.74) is 1.36. The van der Waals surface area contributed by atoms with Gasteiger partial charge < -0.3 is 10.1 Å². The van der Waals surface area contributed by atoms with Crippen LogP contribution in [0, 0.1) is 5.92 Å². The smallest absolute Gasteiger partial charge is 0.118 e. The molecule has 0 spiro atoms. The monoisotopic (exact) mass is 293 g/mol. The Hall–Kier alpha value is -0.870. The second-order valence-corrected chi connectivity index (χ2v) is 7.57. The molecule has 3 nitrogen and oxygen atoms in total. The molecule has 4 heteroatoms. The van der Waals surface area contributed by atoms with Crippen molar-refractivity contribution in [3.8, 4) is 5.75 Å². The lowest BCUT2D eigenvalue weighted by molar-refractivity contribution is 0.381. The van der Waals surface area contributed by atoms with Gasteiger partial charge in [-0.25, -0.2) is 0 Å². The second-order valence-electron chi connectivity index (χ2n) is 5.88. The molecule has 0 bridgehead atoms. The van der Waals surface area contributed by atoms with Crippen molar-refractivity contribution in [3.63, 3.8) is 0 Å². The fourth-order valence-corrected chi connectivity index (χ4v) is 4.26. The van der Waals surface area contributed by atoms with Crippen molar-refractivity contribution in [3.05, 3.63) is 29.8 Å². The first kappa shape index (κ1) is 14.1. The van der Waals surface area contributed by atoms with Crippen LogP contribution in [0.4, 0.5) is 0 Å². The van der Waals surface area contributed by atoms with Crippen LogP contribution in [0.2, 0.25) is 0 Å². The summed E-state index contributed by atoms with van der Waals surface area (Å²) in [5, 5.41) is 3.82. The average Bonchev–Trinajstić information content (AvgIpc) is 3.31. The first-order chi connectivity index (χ1) is 9.76. The Bertz CT molecular complexity index is 460. The highest BCUT2D eigenvalue weighted by molar-refractivity contribution is 7.85. The van der Waals surface area contributed by atoms with Crippen molar-refractivity contribution in [1.82, 2.24) is 5.32 Å². The molecule has 110 valence electrons. The van der Waals surface area contributed by atoms with Gasteiger partial charge in [-0.05, 0) is 49.3 Å². The van der Waals surface area contributed by atoms with Gasteiger partial charge in [0.25, 0.3) is 0 Å². The topological polar surface area (TPSA) is 38.3 Å². The van der Waals surface area contributed by atoms with Crippen molar-refractivity contribution in [1.29, 1.82) is 0 Å². The molecular formula is C16H23NO2S. The molecule has 1 saturated carbocycles. The zero-order valence-electron chi connectivity index (χ0n) is 12.0. The van der Waals surface area contributed by atoms with E-state index in [0.717, 1.165) is 36.0 Å². The van der Waals surface area contributed by atoms with Crippen molar-refractivity contribution >= 4 is 10.8 Å². The number of hydrogen-bond donors (Lipinski definition) is 1. The third-order valence-electron chi connectivity index (χ3n) is 4.37. The number of ether oxygens (including phenoxy) is 1. The molecule has 0 radical (unpaired) electrons. The van der Waals surface area contributed by atoms with Crippen molar-refractivity contribution in [2.75, 3.05) is 18.6 Å². The predicted octanol–water partition coefficient (Wildman–Crippen LogP) is 2.65. The zero-order chi connectivity index (χ0) is 13.9. The first-order valence-electron chi connectivity index (χ1n) is 7.51. The van der Waals surface area contributed by atoms with Gasteiger partial charge in [0.05, 0.1) is 7.11 Å². The standard InChI is InChI=1S/C16H23NO2S/c1-19-15-6-4-13(5-7-15)16(12-2-3-12)17-14-8-10-20(18)11-9-14/h4-7,12,14,16-17H,2-3,8-11H2,1H3. The number of nitrogens with one attached hydrogen (secondary N) is 1. The van der Waals surface area contributed by atoms with Gasteiger partial charge >= 0.3 is 0 Å². The van der Waals surface area contributed by atoms with E-state index in [9.17, 15) is 4.21 Å². The summed E-state index contributed by atoms with van der Waals surface area (Å²) in [6, 6.07) is 9.42. The summed E-state index contributed by atoms with van der Waals surface area (Å²) < 4.78 is 16.7. The van der Waals surface area contributed by atoms with E-state index in [0.29, 0.717) is 12.1 Å². The van der Waals surface area contributed by atoms with Crippen LogP contribution in [0.5, 0.6) is 5.75 Å². The van der Waals surface area contributed by atoms with E-state index in [1.165, 1.54) is 18.4 Å². The Balaban J connectivity index is 1.67. The van der Waals surface area contributed by atoms with Crippen LogP contribution < -0.4 is 10.1 Å². The van der Waals surface area contributed by atoms with Crippen LogP contribution in [-0.2, 0) is 10.8 Å². The fraction of sp³-hybridized carbons (Fsp3) is 0.625. The molecule has 1 aliphatic heterocycles. The van der Waals surface area contributed by atoms with E-state index in [2.05, 4.69) is 17.4 Å². The van der Waals surface area contributed by atoms with Crippen LogP contribution >= 0.6 is 0 Å². The highest BCUT2D eigenvalue weighted by Gasteiger charge is 2.34. The minimum Gasteiger partial charge on any atom is -0.497 e. The van der Waals surface area contributed by atoms with Gasteiger partial charge in [-0.2, -0.15) is 0 Å². The number of hydrogen-bond acceptors (Lipinski definition) is 3. The number of rotatable bonds is 5. The normalized spacial score (nSPS) is 28.1. The lowest BCUT2D eigenvalue weighted by Gasteiger charge is -2.28. The minimum atomic E-state index is -0.576. The molecule has 0 aromatic heterocycles. The summed E-state index contributed by atoms with van der Waals surface area (Å²) in [6.45, 7) is 0. The lowest BCUT2D eigenvalue weighted by atomic mass is 10.00. The molecule has 3 rings (SSSR count). The summed E-state index contributed by atoms with van der Waals surface area (Å²) in [6.07, 6.45) is 4.74. The van der Waals surface area contributed by atoms with E-state index in [1.807, 2.05) is 12.1 Å². The van der Waals surface area contributed by atoms with Gasteiger partial charge in [-0.3, -0.25) is 4.21 Å². The largest absolute Gasteiger partial charge is 0.497 e. The molecule has 1 aromatic rings. The second kappa shape index (κ2) is 6.27. The highest BCUT2D eigenvalue weighted by atomic mass is 32.2. The summed E-state index contributed by atoms with van der Waals surface area (Å²) >= 11 is 0. The van der Waals surface area contributed by atoms with Crippen LogP contribution in [0.25, 0.3) is 0 Å². The van der Waals surface area contributed by atoms with E-state index >= 15 is 0 Å². The molecule has 1 N–H and O–H groups in total. The maximum atomic E-state index is 11.5. The molecule has 0 amide bonds. The summed E-state index contributed by atoms with van der Waals surface area (Å²) in [5.74, 6) is 3.40. The highest BCUT2D eigenvalue weighted by Crippen LogP contribution is 2.42. The van der Waals surface area contributed by atoms with Crippen LogP contribution in [0.15, 0.2) is 24.3 Å². The van der Waals surface area contributed by atoms with Crippen molar-refractivity contribution < 1.29 is 8.95 Å².